The Labute approximate surface area is 163 Å². The summed E-state index contributed by atoms with van der Waals surface area (Å²) in [4.78, 5) is 23.6. The van der Waals surface area contributed by atoms with Crippen molar-refractivity contribution in [2.45, 2.75) is 13.3 Å². The third-order valence-corrected chi connectivity index (χ3v) is 5.17. The fraction of sp³-hybridized carbons (Fsp3) is 0.450. The topological polar surface area (TPSA) is 80.5 Å². The maximum absolute atomic E-state index is 12.0. The Morgan fingerprint density at radius 2 is 2.14 bits per heavy atom. The molecule has 8 nitrogen and oxygen atoms in total. The Kier molecular flexibility index (Phi) is 5.40. The van der Waals surface area contributed by atoms with Gasteiger partial charge in [-0.2, -0.15) is 0 Å². The first-order valence-electron chi connectivity index (χ1n) is 9.54. The summed E-state index contributed by atoms with van der Waals surface area (Å²) in [6.07, 6.45) is 4.45. The van der Waals surface area contributed by atoms with E-state index in [4.69, 9.17) is 14.5 Å². The lowest BCUT2D eigenvalue weighted by Gasteiger charge is -2.26. The van der Waals surface area contributed by atoms with E-state index in [0.717, 1.165) is 74.2 Å². The molecule has 4 rings (SSSR count). The number of morpholine rings is 1. The van der Waals surface area contributed by atoms with Gasteiger partial charge in [-0.05, 0) is 19.1 Å². The Morgan fingerprint density at radius 1 is 1.32 bits per heavy atom. The number of aliphatic imine (C=N–C) groups is 1. The van der Waals surface area contributed by atoms with Crippen molar-refractivity contribution in [1.82, 2.24) is 14.3 Å². The summed E-state index contributed by atoms with van der Waals surface area (Å²) < 4.78 is 12.2. The highest BCUT2D eigenvalue weighted by atomic mass is 16.5. The third kappa shape index (κ3) is 3.65. The van der Waals surface area contributed by atoms with Crippen LogP contribution in [-0.4, -0.2) is 73.0 Å². The predicted octanol–water partition coefficient (Wildman–Crippen LogP) is 2.07. The van der Waals surface area contributed by atoms with E-state index in [9.17, 15) is 4.79 Å². The number of esters is 1. The van der Waals surface area contributed by atoms with Crippen LogP contribution >= 0.6 is 0 Å². The Balaban J connectivity index is 1.65. The van der Waals surface area contributed by atoms with Crippen LogP contribution in [0.4, 0.5) is 5.82 Å². The van der Waals surface area contributed by atoms with E-state index in [2.05, 4.69) is 15.2 Å². The van der Waals surface area contributed by atoms with E-state index in [0.29, 0.717) is 5.56 Å². The molecule has 4 heterocycles. The van der Waals surface area contributed by atoms with Gasteiger partial charge in [-0.15, -0.1) is 0 Å². The molecular formula is C20H25N5O3. The number of carbonyl (C=O) groups excluding carboxylic acids is 1. The van der Waals surface area contributed by atoms with Crippen LogP contribution in [0, 0.1) is 0 Å². The first-order valence-corrected chi connectivity index (χ1v) is 9.54. The molecule has 0 amide bonds. The smallest absolute Gasteiger partial charge is 0.339 e. The summed E-state index contributed by atoms with van der Waals surface area (Å²) in [5, 5.41) is 3.54. The minimum atomic E-state index is -0.365. The number of imidazole rings is 1. The number of aromatic nitrogens is 2. The van der Waals surface area contributed by atoms with Crippen molar-refractivity contribution in [3.8, 4) is 0 Å². The molecule has 2 aromatic heterocycles. The summed E-state index contributed by atoms with van der Waals surface area (Å²) in [6, 6.07) is 3.58. The maximum atomic E-state index is 12.0. The van der Waals surface area contributed by atoms with Gasteiger partial charge in [0.05, 0.1) is 25.9 Å². The first kappa shape index (κ1) is 18.6. The average molecular weight is 383 g/mol. The van der Waals surface area contributed by atoms with Crippen molar-refractivity contribution in [2.24, 2.45) is 4.99 Å². The van der Waals surface area contributed by atoms with Crippen molar-refractivity contribution in [2.75, 3.05) is 51.8 Å². The van der Waals surface area contributed by atoms with Gasteiger partial charge in [0, 0.05) is 56.3 Å². The lowest BCUT2D eigenvalue weighted by atomic mass is 10.1. The van der Waals surface area contributed by atoms with Crippen molar-refractivity contribution in [3.05, 3.63) is 35.3 Å². The zero-order valence-electron chi connectivity index (χ0n) is 16.3. The van der Waals surface area contributed by atoms with E-state index in [1.54, 1.807) is 12.3 Å². The van der Waals surface area contributed by atoms with Crippen molar-refractivity contribution in [3.63, 3.8) is 0 Å². The predicted molar refractivity (Wildman–Crippen MR) is 108 cm³/mol. The standard InChI is InChI=1S/C20H25N5O3/c1-14-16(5-6-21-14)18-19(22-7-8-24-9-11-28-12-10-24)25-13-15(20(26)27-2)3-4-17(25)23-18/h3-4,6,13,22H,5,7-12H2,1-2H3. The van der Waals surface area contributed by atoms with Gasteiger partial charge in [-0.3, -0.25) is 14.3 Å². The van der Waals surface area contributed by atoms with Gasteiger partial charge >= 0.3 is 5.97 Å². The number of hydrogen-bond donors (Lipinski definition) is 1. The molecule has 1 saturated heterocycles. The van der Waals surface area contributed by atoms with Gasteiger partial charge in [-0.1, -0.05) is 0 Å². The Bertz CT molecular complexity index is 941. The molecule has 0 spiro atoms. The highest BCUT2D eigenvalue weighted by Gasteiger charge is 2.21. The molecule has 1 fully saturated rings. The Morgan fingerprint density at radius 3 is 2.86 bits per heavy atom. The molecule has 0 unspecified atom stereocenters. The second-order valence-corrected chi connectivity index (χ2v) is 6.91. The lowest BCUT2D eigenvalue weighted by molar-refractivity contribution is 0.0398. The number of carbonyl (C=O) groups is 1. The fourth-order valence-corrected chi connectivity index (χ4v) is 3.59. The molecule has 2 aromatic rings. The molecule has 0 atom stereocenters. The van der Waals surface area contributed by atoms with Crippen LogP contribution in [0.2, 0.25) is 0 Å². The number of pyridine rings is 1. The number of methoxy groups -OCH3 is 1. The number of allylic oxidation sites excluding steroid dienone is 2. The highest BCUT2D eigenvalue weighted by Crippen LogP contribution is 2.32. The molecule has 2 aliphatic rings. The zero-order valence-corrected chi connectivity index (χ0v) is 16.3. The molecular weight excluding hydrogens is 358 g/mol. The monoisotopic (exact) mass is 383 g/mol. The SMILES string of the molecule is COC(=O)c1ccc2nc(C3=C(C)N=CC3)c(NCCN3CCOCC3)n2c1. The number of nitrogens with one attached hydrogen (secondary N) is 1. The molecule has 8 heteroatoms. The normalized spacial score (nSPS) is 17.5. The van der Waals surface area contributed by atoms with Gasteiger partial charge in [0.15, 0.2) is 0 Å². The molecule has 0 bridgehead atoms. The average Bonchev–Trinajstić information content (AvgIpc) is 3.31. The molecule has 0 saturated carbocycles. The highest BCUT2D eigenvalue weighted by molar-refractivity contribution is 5.91. The summed E-state index contributed by atoms with van der Waals surface area (Å²) in [7, 11) is 1.39. The van der Waals surface area contributed by atoms with Crippen LogP contribution in [0.15, 0.2) is 29.0 Å². The number of rotatable bonds is 6. The van der Waals surface area contributed by atoms with Gasteiger partial charge in [0.25, 0.3) is 0 Å². The van der Waals surface area contributed by atoms with Crippen LogP contribution in [-0.2, 0) is 9.47 Å². The number of anilines is 1. The third-order valence-electron chi connectivity index (χ3n) is 5.17. The maximum Gasteiger partial charge on any atom is 0.339 e. The lowest BCUT2D eigenvalue weighted by Crippen LogP contribution is -2.39. The number of fused-ring (bicyclic) bond motifs is 1. The van der Waals surface area contributed by atoms with Crippen LogP contribution < -0.4 is 5.32 Å². The number of hydrogen-bond acceptors (Lipinski definition) is 7. The second-order valence-electron chi connectivity index (χ2n) is 6.91. The minimum Gasteiger partial charge on any atom is -0.465 e. The van der Waals surface area contributed by atoms with Crippen molar-refractivity contribution < 1.29 is 14.3 Å². The van der Waals surface area contributed by atoms with Crippen molar-refractivity contribution >= 4 is 29.2 Å². The summed E-state index contributed by atoms with van der Waals surface area (Å²) in [5.74, 6) is 0.518. The summed E-state index contributed by atoms with van der Waals surface area (Å²) in [6.45, 7) is 7.16. The fourth-order valence-electron chi connectivity index (χ4n) is 3.59. The minimum absolute atomic E-state index is 0.365. The van der Waals surface area contributed by atoms with E-state index in [-0.39, 0.29) is 5.97 Å². The van der Waals surface area contributed by atoms with E-state index in [1.807, 2.05) is 23.6 Å². The van der Waals surface area contributed by atoms with Crippen LogP contribution in [0.3, 0.4) is 0 Å². The van der Waals surface area contributed by atoms with Crippen LogP contribution in [0.25, 0.3) is 11.2 Å². The molecule has 0 radical (unpaired) electrons. The summed E-state index contributed by atoms with van der Waals surface area (Å²) >= 11 is 0. The Hall–Kier alpha value is -2.71. The van der Waals surface area contributed by atoms with Gasteiger partial charge < -0.3 is 14.8 Å². The first-order chi connectivity index (χ1) is 13.7. The number of ether oxygens (including phenoxy) is 2. The van der Waals surface area contributed by atoms with Gasteiger partial charge in [0.1, 0.15) is 17.2 Å². The van der Waals surface area contributed by atoms with E-state index < -0.39 is 0 Å². The van der Waals surface area contributed by atoms with Gasteiger partial charge in [-0.25, -0.2) is 9.78 Å². The van der Waals surface area contributed by atoms with Crippen LogP contribution in [0.1, 0.15) is 29.4 Å². The molecule has 2 aliphatic heterocycles. The quantitative estimate of drug-likeness (QED) is 0.770. The second kappa shape index (κ2) is 8.12. The zero-order chi connectivity index (χ0) is 19.5. The van der Waals surface area contributed by atoms with E-state index >= 15 is 0 Å². The molecule has 148 valence electrons. The number of nitrogens with zero attached hydrogens (tertiary/aromatic N) is 4. The largest absolute Gasteiger partial charge is 0.465 e. The van der Waals surface area contributed by atoms with Crippen LogP contribution in [0.5, 0.6) is 0 Å². The van der Waals surface area contributed by atoms with Crippen molar-refractivity contribution in [1.29, 1.82) is 0 Å². The molecule has 1 N–H and O–H groups in total. The summed E-state index contributed by atoms with van der Waals surface area (Å²) in [5.41, 5.74) is 4.25. The van der Waals surface area contributed by atoms with Gasteiger partial charge in [0.2, 0.25) is 0 Å². The molecule has 28 heavy (non-hydrogen) atoms. The molecule has 0 aliphatic carbocycles. The molecule has 0 aromatic carbocycles. The van der Waals surface area contributed by atoms with E-state index in [1.165, 1.54) is 7.11 Å².